The highest BCUT2D eigenvalue weighted by Gasteiger charge is 2.38. The third-order valence-corrected chi connectivity index (χ3v) is 7.03. The minimum atomic E-state index is -4.45. The van der Waals surface area contributed by atoms with Gasteiger partial charge in [0.15, 0.2) is 5.17 Å². The minimum absolute atomic E-state index is 0.126. The van der Waals surface area contributed by atoms with Crippen LogP contribution in [0.1, 0.15) is 30.5 Å². The number of fused-ring (bicyclic) bond motifs is 1. The van der Waals surface area contributed by atoms with Crippen LogP contribution >= 0.6 is 11.8 Å². The zero-order chi connectivity index (χ0) is 27.3. The molecular weight excluding hydrogens is 521 g/mol. The molecule has 2 heterocycles. The molecule has 2 aromatic rings. The van der Waals surface area contributed by atoms with E-state index in [-0.39, 0.29) is 18.9 Å². The van der Waals surface area contributed by atoms with E-state index in [9.17, 15) is 22.8 Å². The summed E-state index contributed by atoms with van der Waals surface area (Å²) in [6.07, 6.45) is -3.51. The van der Waals surface area contributed by atoms with E-state index in [2.05, 4.69) is 20.5 Å². The number of carbonyl (C=O) groups excluding carboxylic acids is 2. The van der Waals surface area contributed by atoms with Crippen LogP contribution in [0.4, 0.5) is 29.3 Å². The van der Waals surface area contributed by atoms with Gasteiger partial charge in [-0.05, 0) is 55.3 Å². The maximum atomic E-state index is 13.0. The van der Waals surface area contributed by atoms with Crippen molar-refractivity contribution in [1.29, 1.82) is 0 Å². The van der Waals surface area contributed by atoms with Crippen LogP contribution in [0.15, 0.2) is 64.8 Å². The number of nitrogens with one attached hydrogen (secondary N) is 2. The number of nitrogens with zero attached hydrogens (tertiary/aromatic N) is 2. The van der Waals surface area contributed by atoms with Crippen molar-refractivity contribution in [2.45, 2.75) is 25.6 Å². The average Bonchev–Trinajstić information content (AvgIpc) is 2.88. The SMILES string of the molecule is COCCOC(=O)C1=C(C)N=C2SCCCN2C1c1ccc(NC(=O)Nc2ccc(C(F)(F)F)cc2)cc1. The van der Waals surface area contributed by atoms with Crippen molar-refractivity contribution in [3.8, 4) is 0 Å². The molecule has 0 radical (unpaired) electrons. The van der Waals surface area contributed by atoms with Gasteiger partial charge in [-0.15, -0.1) is 0 Å². The number of methoxy groups -OCH3 is 1. The maximum Gasteiger partial charge on any atom is 0.416 e. The van der Waals surface area contributed by atoms with Gasteiger partial charge in [0.1, 0.15) is 6.61 Å². The van der Waals surface area contributed by atoms with Crippen molar-refractivity contribution in [1.82, 2.24) is 4.90 Å². The van der Waals surface area contributed by atoms with Gasteiger partial charge in [-0.2, -0.15) is 13.2 Å². The summed E-state index contributed by atoms with van der Waals surface area (Å²) < 4.78 is 48.6. The van der Waals surface area contributed by atoms with Crippen LogP contribution in [0.3, 0.4) is 0 Å². The van der Waals surface area contributed by atoms with E-state index in [0.29, 0.717) is 17.0 Å². The number of amidine groups is 1. The number of allylic oxidation sites excluding steroid dienone is 1. The summed E-state index contributed by atoms with van der Waals surface area (Å²) in [5.74, 6) is 0.487. The predicted molar refractivity (Wildman–Crippen MR) is 140 cm³/mol. The van der Waals surface area contributed by atoms with E-state index >= 15 is 0 Å². The summed E-state index contributed by atoms with van der Waals surface area (Å²) in [5.41, 5.74) is 1.77. The fraction of sp³-hybridized carbons (Fsp3) is 0.346. The van der Waals surface area contributed by atoms with Crippen molar-refractivity contribution in [2.75, 3.05) is 43.3 Å². The molecule has 1 unspecified atom stereocenters. The number of rotatable bonds is 7. The summed E-state index contributed by atoms with van der Waals surface area (Å²) in [6, 6.07) is 10.2. The Balaban J connectivity index is 1.49. The number of alkyl halides is 3. The lowest BCUT2D eigenvalue weighted by Crippen LogP contribution is -2.42. The fourth-order valence-electron chi connectivity index (χ4n) is 4.16. The molecule has 1 saturated heterocycles. The molecular formula is C26H27F3N4O4S. The highest BCUT2D eigenvalue weighted by atomic mass is 32.2. The standard InChI is InChI=1S/C26H27F3N4O4S/c1-16-21(23(34)37-14-13-36-2)22(33-12-3-15-38-25(33)30-16)17-4-8-19(9-5-17)31-24(35)32-20-10-6-18(7-11-20)26(27,28)29/h4-11,22H,3,12-15H2,1-2H3,(H2,31,32,35). The summed E-state index contributed by atoms with van der Waals surface area (Å²) in [5, 5.41) is 6.03. The number of hydrogen-bond donors (Lipinski definition) is 2. The lowest BCUT2D eigenvalue weighted by molar-refractivity contribution is -0.141. The van der Waals surface area contributed by atoms with Crippen molar-refractivity contribution >= 4 is 40.3 Å². The number of esters is 1. The number of amides is 2. The molecule has 1 fully saturated rings. The summed E-state index contributed by atoms with van der Waals surface area (Å²) >= 11 is 1.64. The third-order valence-electron chi connectivity index (χ3n) is 5.95. The number of ether oxygens (including phenoxy) is 2. The zero-order valence-electron chi connectivity index (χ0n) is 20.8. The van der Waals surface area contributed by atoms with Gasteiger partial charge in [-0.25, -0.2) is 14.6 Å². The number of benzene rings is 2. The number of carbonyl (C=O) groups is 2. The van der Waals surface area contributed by atoms with Crippen LogP contribution < -0.4 is 10.6 Å². The van der Waals surface area contributed by atoms with Crippen LogP contribution in [-0.4, -0.2) is 54.7 Å². The first-order chi connectivity index (χ1) is 18.2. The van der Waals surface area contributed by atoms with E-state index in [1.165, 1.54) is 19.2 Å². The van der Waals surface area contributed by atoms with Gasteiger partial charge in [-0.3, -0.25) is 0 Å². The number of halogens is 3. The number of aliphatic imine (C=N–C) groups is 1. The molecule has 2 aliphatic rings. The molecule has 1 atom stereocenters. The topological polar surface area (TPSA) is 92.3 Å². The van der Waals surface area contributed by atoms with E-state index in [4.69, 9.17) is 9.47 Å². The Morgan fingerprint density at radius 1 is 1.05 bits per heavy atom. The van der Waals surface area contributed by atoms with Crippen LogP contribution in [0.5, 0.6) is 0 Å². The van der Waals surface area contributed by atoms with Crippen LogP contribution in [0.2, 0.25) is 0 Å². The number of hydrogen-bond acceptors (Lipinski definition) is 7. The Labute approximate surface area is 222 Å². The molecule has 0 aliphatic carbocycles. The first-order valence-corrected chi connectivity index (χ1v) is 12.9. The van der Waals surface area contributed by atoms with Crippen molar-refractivity contribution < 1.29 is 32.2 Å². The first kappa shape index (κ1) is 27.5. The molecule has 8 nitrogen and oxygen atoms in total. The lowest BCUT2D eigenvalue weighted by Gasteiger charge is -2.40. The van der Waals surface area contributed by atoms with Gasteiger partial charge >= 0.3 is 18.2 Å². The number of anilines is 2. The van der Waals surface area contributed by atoms with Crippen molar-refractivity contribution in [2.24, 2.45) is 4.99 Å². The van der Waals surface area contributed by atoms with E-state index in [0.717, 1.165) is 41.6 Å². The molecule has 0 bridgehead atoms. The summed E-state index contributed by atoms with van der Waals surface area (Å²) in [6.45, 7) is 2.93. The Hall–Kier alpha value is -3.51. The lowest BCUT2D eigenvalue weighted by atomic mass is 9.94. The normalized spacial score (nSPS) is 17.4. The molecule has 0 saturated carbocycles. The molecule has 2 amide bonds. The fourth-order valence-corrected chi connectivity index (χ4v) is 5.18. The molecule has 2 aliphatic heterocycles. The number of thioether (sulfide) groups is 1. The smallest absolute Gasteiger partial charge is 0.416 e. The van der Waals surface area contributed by atoms with Gasteiger partial charge < -0.3 is 25.0 Å². The summed E-state index contributed by atoms with van der Waals surface area (Å²) in [7, 11) is 1.53. The van der Waals surface area contributed by atoms with Crippen LogP contribution in [-0.2, 0) is 20.4 Å². The van der Waals surface area contributed by atoms with E-state index < -0.39 is 29.8 Å². The summed E-state index contributed by atoms with van der Waals surface area (Å²) in [4.78, 5) is 32.2. The average molecular weight is 549 g/mol. The zero-order valence-corrected chi connectivity index (χ0v) is 21.6. The molecule has 12 heteroatoms. The largest absolute Gasteiger partial charge is 0.460 e. The van der Waals surface area contributed by atoms with Gasteiger partial charge in [-0.1, -0.05) is 23.9 Å². The Bertz CT molecular complexity index is 1230. The molecule has 4 rings (SSSR count). The van der Waals surface area contributed by atoms with Crippen molar-refractivity contribution in [3.63, 3.8) is 0 Å². The predicted octanol–water partition coefficient (Wildman–Crippen LogP) is 5.66. The molecule has 2 N–H and O–H groups in total. The Kier molecular flexibility index (Phi) is 8.62. The van der Waals surface area contributed by atoms with Gasteiger partial charge in [0.25, 0.3) is 0 Å². The monoisotopic (exact) mass is 548 g/mol. The molecule has 38 heavy (non-hydrogen) atoms. The second-order valence-electron chi connectivity index (χ2n) is 8.60. The molecule has 2 aromatic carbocycles. The van der Waals surface area contributed by atoms with Gasteiger partial charge in [0.2, 0.25) is 0 Å². The maximum absolute atomic E-state index is 13.0. The highest BCUT2D eigenvalue weighted by molar-refractivity contribution is 8.13. The van der Waals surface area contributed by atoms with E-state index in [1.54, 1.807) is 30.8 Å². The third kappa shape index (κ3) is 6.48. The Morgan fingerprint density at radius 2 is 1.68 bits per heavy atom. The van der Waals surface area contributed by atoms with Gasteiger partial charge in [0.05, 0.1) is 29.5 Å². The first-order valence-electron chi connectivity index (χ1n) is 11.9. The van der Waals surface area contributed by atoms with E-state index in [1.807, 2.05) is 12.1 Å². The highest BCUT2D eigenvalue weighted by Crippen LogP contribution is 2.40. The molecule has 0 aromatic heterocycles. The van der Waals surface area contributed by atoms with Crippen LogP contribution in [0, 0.1) is 0 Å². The Morgan fingerprint density at radius 3 is 2.29 bits per heavy atom. The second-order valence-corrected chi connectivity index (χ2v) is 9.66. The molecule has 0 spiro atoms. The quantitative estimate of drug-likeness (QED) is 0.343. The number of urea groups is 1. The minimum Gasteiger partial charge on any atom is -0.460 e. The molecule has 202 valence electrons. The second kappa shape index (κ2) is 11.9. The van der Waals surface area contributed by atoms with Gasteiger partial charge in [0, 0.05) is 30.8 Å². The van der Waals surface area contributed by atoms with Crippen LogP contribution in [0.25, 0.3) is 0 Å². The van der Waals surface area contributed by atoms with Crippen molar-refractivity contribution in [3.05, 3.63) is 70.9 Å².